The lowest BCUT2D eigenvalue weighted by molar-refractivity contribution is 0.0468. The van der Waals surface area contributed by atoms with Crippen molar-refractivity contribution >= 4 is 5.57 Å². The summed E-state index contributed by atoms with van der Waals surface area (Å²) in [5, 5.41) is 12.6. The van der Waals surface area contributed by atoms with Crippen molar-refractivity contribution in [3.05, 3.63) is 71.3 Å². The van der Waals surface area contributed by atoms with Crippen molar-refractivity contribution in [1.82, 2.24) is 10.2 Å². The first-order valence-corrected chi connectivity index (χ1v) is 9.75. The molecule has 27 heavy (non-hydrogen) atoms. The lowest BCUT2D eigenvalue weighted by atomic mass is 9.83. The van der Waals surface area contributed by atoms with E-state index in [1.54, 1.807) is 6.92 Å². The fourth-order valence-corrected chi connectivity index (χ4v) is 3.96. The van der Waals surface area contributed by atoms with Gasteiger partial charge in [-0.25, -0.2) is 0 Å². The zero-order valence-electron chi connectivity index (χ0n) is 16.1. The molecule has 1 unspecified atom stereocenters. The zero-order chi connectivity index (χ0) is 18.9. The molecule has 2 aromatic rings. The zero-order valence-corrected chi connectivity index (χ0v) is 16.1. The molecule has 0 saturated carbocycles. The third kappa shape index (κ3) is 3.93. The van der Waals surface area contributed by atoms with Crippen LogP contribution in [0.1, 0.15) is 36.5 Å². The van der Waals surface area contributed by atoms with Crippen molar-refractivity contribution in [1.29, 1.82) is 0 Å². The van der Waals surface area contributed by atoms with Gasteiger partial charge in [0.15, 0.2) is 0 Å². The largest absolute Gasteiger partial charge is 0.482 e. The van der Waals surface area contributed by atoms with Crippen molar-refractivity contribution in [3.63, 3.8) is 0 Å². The molecule has 4 nitrogen and oxygen atoms in total. The predicted octanol–water partition coefficient (Wildman–Crippen LogP) is 3.40. The highest BCUT2D eigenvalue weighted by atomic mass is 16.5. The molecule has 4 rings (SSSR count). The first kappa shape index (κ1) is 18.2. The van der Waals surface area contributed by atoms with Crippen molar-refractivity contribution in [2.75, 3.05) is 20.1 Å². The van der Waals surface area contributed by atoms with E-state index in [1.165, 1.54) is 11.1 Å². The van der Waals surface area contributed by atoms with Gasteiger partial charge < -0.3 is 14.7 Å². The van der Waals surface area contributed by atoms with E-state index in [2.05, 4.69) is 65.8 Å². The van der Waals surface area contributed by atoms with Gasteiger partial charge in [-0.2, -0.15) is 0 Å². The fraction of sp³-hybridized carbons (Fsp3) is 0.391. The summed E-state index contributed by atoms with van der Waals surface area (Å²) in [4.78, 5) is 2.37. The summed E-state index contributed by atoms with van der Waals surface area (Å²) < 4.78 is 6.52. The Morgan fingerprint density at radius 3 is 2.70 bits per heavy atom. The van der Waals surface area contributed by atoms with Crippen LogP contribution in [0.2, 0.25) is 0 Å². The van der Waals surface area contributed by atoms with Gasteiger partial charge in [0.2, 0.25) is 0 Å². The molecule has 2 aliphatic rings. The van der Waals surface area contributed by atoms with E-state index >= 15 is 0 Å². The number of fused-ring (bicyclic) bond motifs is 1. The van der Waals surface area contributed by atoms with Gasteiger partial charge in [-0.3, -0.25) is 5.32 Å². The highest BCUT2D eigenvalue weighted by Gasteiger charge is 2.38. The number of hydrogen-bond acceptors (Lipinski definition) is 4. The molecule has 0 amide bonds. The van der Waals surface area contributed by atoms with Gasteiger partial charge in [-0.05, 0) is 48.9 Å². The molecule has 1 fully saturated rings. The number of nitrogens with zero attached hydrogens (tertiary/aromatic N) is 1. The summed E-state index contributed by atoms with van der Waals surface area (Å²) in [5.41, 5.74) is 4.55. The van der Waals surface area contributed by atoms with Crippen LogP contribution in [0.4, 0.5) is 0 Å². The minimum absolute atomic E-state index is 0.218. The predicted molar refractivity (Wildman–Crippen MR) is 109 cm³/mol. The number of aliphatic hydroxyl groups is 1. The molecule has 2 aromatic carbocycles. The van der Waals surface area contributed by atoms with E-state index in [9.17, 15) is 5.11 Å². The topological polar surface area (TPSA) is 44.7 Å². The van der Waals surface area contributed by atoms with Crippen molar-refractivity contribution in [2.24, 2.45) is 0 Å². The molecule has 0 radical (unpaired) electrons. The quantitative estimate of drug-likeness (QED) is 0.816. The highest BCUT2D eigenvalue weighted by molar-refractivity contribution is 5.85. The normalized spacial score (nSPS) is 19.9. The Morgan fingerprint density at radius 2 is 1.93 bits per heavy atom. The van der Waals surface area contributed by atoms with Crippen LogP contribution in [0.15, 0.2) is 54.6 Å². The molecule has 2 heterocycles. The minimum Gasteiger partial charge on any atom is -0.482 e. The number of likely N-dealkylation sites (tertiary alicyclic amines) is 1. The molecule has 0 aliphatic carbocycles. The molecule has 1 atom stereocenters. The third-order valence-corrected chi connectivity index (χ3v) is 5.57. The van der Waals surface area contributed by atoms with Crippen LogP contribution in [0.5, 0.6) is 5.75 Å². The monoisotopic (exact) mass is 364 g/mol. The summed E-state index contributed by atoms with van der Waals surface area (Å²) in [6, 6.07) is 16.9. The maximum atomic E-state index is 9.51. The van der Waals surface area contributed by atoms with Crippen LogP contribution in [0, 0.1) is 0 Å². The Kier molecular flexibility index (Phi) is 5.04. The van der Waals surface area contributed by atoms with Crippen molar-refractivity contribution < 1.29 is 9.84 Å². The molecule has 2 aliphatic heterocycles. The third-order valence-electron chi connectivity index (χ3n) is 5.57. The average molecular weight is 364 g/mol. The number of aliphatic hydroxyl groups excluding tert-OH is 1. The molecular weight excluding hydrogens is 336 g/mol. The van der Waals surface area contributed by atoms with Gasteiger partial charge >= 0.3 is 0 Å². The smallest absolute Gasteiger partial charge is 0.130 e. The number of nitrogens with one attached hydrogen (secondary N) is 1. The van der Waals surface area contributed by atoms with Crippen LogP contribution in [0.3, 0.4) is 0 Å². The standard InChI is InChI=1S/C23H28N2O2/c1-17(26)24-16-18-6-5-7-19(14-18)21-15-23(10-12-25(2)13-11-23)27-22-9-4-3-8-20(21)22/h3-9,14-15,17,24,26H,10-13,16H2,1-2H3. The van der Waals surface area contributed by atoms with Gasteiger partial charge in [0.1, 0.15) is 17.6 Å². The second-order valence-corrected chi connectivity index (χ2v) is 7.78. The van der Waals surface area contributed by atoms with Crippen LogP contribution in [-0.2, 0) is 6.54 Å². The molecule has 142 valence electrons. The van der Waals surface area contributed by atoms with Gasteiger partial charge in [0.25, 0.3) is 0 Å². The summed E-state index contributed by atoms with van der Waals surface area (Å²) in [5.74, 6) is 0.979. The molecule has 1 spiro atoms. The maximum Gasteiger partial charge on any atom is 0.130 e. The van der Waals surface area contributed by atoms with Crippen LogP contribution in [0.25, 0.3) is 5.57 Å². The van der Waals surface area contributed by atoms with Crippen molar-refractivity contribution in [2.45, 2.75) is 38.1 Å². The Labute approximate surface area is 161 Å². The van der Waals surface area contributed by atoms with E-state index in [0.29, 0.717) is 6.54 Å². The lowest BCUT2D eigenvalue weighted by Crippen LogP contribution is -2.46. The Bertz CT molecular complexity index is 836. The van der Waals surface area contributed by atoms with Gasteiger partial charge in [-0.1, -0.05) is 36.4 Å². The maximum absolute atomic E-state index is 9.51. The fourth-order valence-electron chi connectivity index (χ4n) is 3.96. The summed E-state index contributed by atoms with van der Waals surface area (Å²) >= 11 is 0. The van der Waals surface area contributed by atoms with E-state index in [1.807, 2.05) is 6.07 Å². The van der Waals surface area contributed by atoms with E-state index in [-0.39, 0.29) is 5.60 Å². The van der Waals surface area contributed by atoms with E-state index < -0.39 is 6.23 Å². The van der Waals surface area contributed by atoms with Gasteiger partial charge in [0, 0.05) is 38.0 Å². The van der Waals surface area contributed by atoms with Crippen molar-refractivity contribution in [3.8, 4) is 5.75 Å². The van der Waals surface area contributed by atoms with E-state index in [0.717, 1.165) is 42.8 Å². The second kappa shape index (κ2) is 7.47. The number of hydrogen-bond donors (Lipinski definition) is 2. The Morgan fingerprint density at radius 1 is 1.15 bits per heavy atom. The number of piperidine rings is 1. The lowest BCUT2D eigenvalue weighted by Gasteiger charge is -2.42. The van der Waals surface area contributed by atoms with Gasteiger partial charge in [-0.15, -0.1) is 0 Å². The van der Waals surface area contributed by atoms with Crippen LogP contribution < -0.4 is 10.1 Å². The molecule has 2 N–H and O–H groups in total. The number of rotatable bonds is 4. The first-order chi connectivity index (χ1) is 13.0. The number of para-hydroxylation sites is 1. The van der Waals surface area contributed by atoms with Gasteiger partial charge in [0.05, 0.1) is 0 Å². The molecule has 4 heteroatoms. The average Bonchev–Trinajstić information content (AvgIpc) is 2.68. The molecule has 1 saturated heterocycles. The minimum atomic E-state index is -0.515. The molecule has 0 bridgehead atoms. The van der Waals surface area contributed by atoms with Crippen LogP contribution in [-0.4, -0.2) is 42.0 Å². The molecular formula is C23H28N2O2. The highest BCUT2D eigenvalue weighted by Crippen LogP contribution is 2.43. The second-order valence-electron chi connectivity index (χ2n) is 7.78. The Balaban J connectivity index is 1.72. The summed E-state index contributed by atoms with van der Waals surface area (Å²) in [6.45, 7) is 4.48. The number of ether oxygens (including phenoxy) is 1. The molecule has 0 aromatic heterocycles. The number of benzene rings is 2. The summed E-state index contributed by atoms with van der Waals surface area (Å²) in [6.07, 6.45) is 3.85. The summed E-state index contributed by atoms with van der Waals surface area (Å²) in [7, 11) is 2.17. The van der Waals surface area contributed by atoms with Crippen LogP contribution >= 0.6 is 0 Å². The first-order valence-electron chi connectivity index (χ1n) is 9.75. The SMILES string of the molecule is CC(O)NCc1cccc(C2=CC3(CCN(C)CC3)Oc3ccccc32)c1. The van der Waals surface area contributed by atoms with E-state index in [4.69, 9.17) is 4.74 Å². The Hall–Kier alpha value is -2.14.